The quantitative estimate of drug-likeness (QED) is 0.871. The maximum atomic E-state index is 4.62. The van der Waals surface area contributed by atoms with Gasteiger partial charge >= 0.3 is 0 Å². The number of thioether (sulfide) groups is 1. The van der Waals surface area contributed by atoms with Crippen molar-refractivity contribution in [3.05, 3.63) is 11.9 Å². The van der Waals surface area contributed by atoms with Gasteiger partial charge in [-0.1, -0.05) is 12.8 Å². The third-order valence-electron chi connectivity index (χ3n) is 3.36. The molecule has 96 valence electrons. The van der Waals surface area contributed by atoms with Gasteiger partial charge in [-0.2, -0.15) is 11.8 Å². The van der Waals surface area contributed by atoms with Gasteiger partial charge in [0.2, 0.25) is 5.95 Å². The number of imidazole rings is 1. The third kappa shape index (κ3) is 3.18. The third-order valence-corrected chi connectivity index (χ3v) is 4.20. The van der Waals surface area contributed by atoms with Crippen molar-refractivity contribution in [1.82, 2.24) is 9.55 Å². The summed E-state index contributed by atoms with van der Waals surface area (Å²) in [5.41, 5.74) is 1.12. The predicted molar refractivity (Wildman–Crippen MR) is 75.9 cm³/mol. The van der Waals surface area contributed by atoms with Crippen molar-refractivity contribution in [2.75, 3.05) is 17.3 Å². The monoisotopic (exact) mass is 253 g/mol. The van der Waals surface area contributed by atoms with Crippen LogP contribution in [0, 0.1) is 6.92 Å². The zero-order chi connectivity index (χ0) is 12.3. The second-order valence-corrected chi connectivity index (χ2v) is 5.96. The van der Waals surface area contributed by atoms with E-state index in [2.05, 4.69) is 41.2 Å². The van der Waals surface area contributed by atoms with Gasteiger partial charge in [-0.3, -0.25) is 0 Å². The molecule has 1 unspecified atom stereocenters. The van der Waals surface area contributed by atoms with Gasteiger partial charge in [0.15, 0.2) is 0 Å². The zero-order valence-corrected chi connectivity index (χ0v) is 11.9. The number of aromatic nitrogens is 2. The Morgan fingerprint density at radius 3 is 2.88 bits per heavy atom. The summed E-state index contributed by atoms with van der Waals surface area (Å²) in [4.78, 5) is 4.62. The summed E-state index contributed by atoms with van der Waals surface area (Å²) in [5.74, 6) is 2.19. The first-order chi connectivity index (χ1) is 8.20. The number of aryl methyl sites for hydroxylation is 1. The van der Waals surface area contributed by atoms with Crippen LogP contribution in [0.5, 0.6) is 0 Å². The molecule has 0 amide bonds. The summed E-state index contributed by atoms with van der Waals surface area (Å²) in [5, 5.41) is 3.54. The van der Waals surface area contributed by atoms with E-state index in [-0.39, 0.29) is 0 Å². The maximum Gasteiger partial charge on any atom is 0.203 e. The number of nitrogens with zero attached hydrogens (tertiary/aromatic N) is 2. The van der Waals surface area contributed by atoms with Crippen LogP contribution in [-0.4, -0.2) is 27.6 Å². The van der Waals surface area contributed by atoms with Gasteiger partial charge in [0.25, 0.3) is 0 Å². The Hall–Kier alpha value is -0.640. The van der Waals surface area contributed by atoms with Gasteiger partial charge in [0, 0.05) is 24.0 Å². The lowest BCUT2D eigenvalue weighted by atomic mass is 10.2. The average Bonchev–Trinajstić information content (AvgIpc) is 2.87. The lowest BCUT2D eigenvalue weighted by Gasteiger charge is -2.18. The first-order valence-electron chi connectivity index (χ1n) is 6.51. The molecule has 0 spiro atoms. The van der Waals surface area contributed by atoms with Gasteiger partial charge in [-0.25, -0.2) is 4.98 Å². The lowest BCUT2D eigenvalue weighted by molar-refractivity contribution is 0.521. The smallest absolute Gasteiger partial charge is 0.203 e. The molecule has 1 aromatic rings. The molecule has 2 rings (SSSR count). The van der Waals surface area contributed by atoms with E-state index in [9.17, 15) is 0 Å². The highest BCUT2D eigenvalue weighted by Gasteiger charge is 2.20. The fourth-order valence-electron chi connectivity index (χ4n) is 2.60. The fourth-order valence-corrected chi connectivity index (χ4v) is 3.18. The van der Waals surface area contributed by atoms with Crippen molar-refractivity contribution in [3.63, 3.8) is 0 Å². The van der Waals surface area contributed by atoms with Crippen molar-refractivity contribution < 1.29 is 0 Å². The van der Waals surface area contributed by atoms with Crippen molar-refractivity contribution in [2.24, 2.45) is 0 Å². The molecule has 1 aromatic heterocycles. The standard InChI is InChI=1S/C13H23N3S/c1-10-8-16(12-6-4-5-7-12)13(14-10)15-11(2)9-17-3/h8,11-12H,4-7,9H2,1-3H3,(H,14,15). The number of hydrogen-bond acceptors (Lipinski definition) is 3. The van der Waals surface area contributed by atoms with E-state index in [0.29, 0.717) is 12.1 Å². The molecule has 1 atom stereocenters. The molecule has 0 radical (unpaired) electrons. The highest BCUT2D eigenvalue weighted by Crippen LogP contribution is 2.32. The Labute approximate surface area is 108 Å². The van der Waals surface area contributed by atoms with Crippen molar-refractivity contribution in [2.45, 2.75) is 51.6 Å². The molecule has 4 heteroatoms. The van der Waals surface area contributed by atoms with Gasteiger partial charge in [0.1, 0.15) is 0 Å². The van der Waals surface area contributed by atoms with Crippen LogP contribution >= 0.6 is 11.8 Å². The average molecular weight is 253 g/mol. The lowest BCUT2D eigenvalue weighted by Crippen LogP contribution is -2.21. The Bertz CT molecular complexity index is 356. The molecule has 0 saturated heterocycles. The first-order valence-corrected chi connectivity index (χ1v) is 7.91. The highest BCUT2D eigenvalue weighted by molar-refractivity contribution is 7.98. The normalized spacial score (nSPS) is 18.5. The van der Waals surface area contributed by atoms with E-state index < -0.39 is 0 Å². The molecule has 0 aliphatic heterocycles. The molecule has 1 saturated carbocycles. The van der Waals surface area contributed by atoms with Crippen molar-refractivity contribution >= 4 is 17.7 Å². The van der Waals surface area contributed by atoms with Crippen LogP contribution in [0.4, 0.5) is 5.95 Å². The van der Waals surface area contributed by atoms with E-state index in [0.717, 1.165) is 17.4 Å². The van der Waals surface area contributed by atoms with Crippen LogP contribution in [0.25, 0.3) is 0 Å². The number of rotatable bonds is 5. The maximum absolute atomic E-state index is 4.62. The molecule has 1 heterocycles. The number of nitrogens with one attached hydrogen (secondary N) is 1. The van der Waals surface area contributed by atoms with Gasteiger partial charge in [0.05, 0.1) is 5.69 Å². The van der Waals surface area contributed by atoms with Crippen LogP contribution in [0.15, 0.2) is 6.20 Å². The molecule has 1 N–H and O–H groups in total. The molecular formula is C13H23N3S. The molecule has 3 nitrogen and oxygen atoms in total. The minimum Gasteiger partial charge on any atom is -0.352 e. The Morgan fingerprint density at radius 2 is 2.24 bits per heavy atom. The summed E-state index contributed by atoms with van der Waals surface area (Å²) in [7, 11) is 0. The zero-order valence-electron chi connectivity index (χ0n) is 11.1. The van der Waals surface area contributed by atoms with Crippen molar-refractivity contribution in [1.29, 1.82) is 0 Å². The first kappa shape index (κ1) is 12.8. The van der Waals surface area contributed by atoms with E-state index in [1.807, 2.05) is 11.8 Å². The van der Waals surface area contributed by atoms with Crippen LogP contribution in [-0.2, 0) is 0 Å². The van der Waals surface area contributed by atoms with Gasteiger partial charge in [-0.15, -0.1) is 0 Å². The largest absolute Gasteiger partial charge is 0.352 e. The summed E-state index contributed by atoms with van der Waals surface area (Å²) in [6.45, 7) is 4.30. The topological polar surface area (TPSA) is 29.9 Å². The van der Waals surface area contributed by atoms with Crippen LogP contribution < -0.4 is 5.32 Å². The van der Waals surface area contributed by atoms with Crippen molar-refractivity contribution in [3.8, 4) is 0 Å². The summed E-state index contributed by atoms with van der Waals surface area (Å²) in [6, 6.07) is 1.15. The highest BCUT2D eigenvalue weighted by atomic mass is 32.2. The molecule has 0 bridgehead atoms. The molecule has 1 aliphatic rings. The summed E-state index contributed by atoms with van der Waals surface area (Å²) in [6.07, 6.45) is 9.68. The predicted octanol–water partition coefficient (Wildman–Crippen LogP) is 3.47. The van der Waals surface area contributed by atoms with Crippen LogP contribution in [0.1, 0.15) is 44.3 Å². The minimum atomic E-state index is 0.479. The second kappa shape index (κ2) is 5.80. The van der Waals surface area contributed by atoms with Gasteiger partial charge < -0.3 is 9.88 Å². The fraction of sp³-hybridized carbons (Fsp3) is 0.769. The number of hydrogen-bond donors (Lipinski definition) is 1. The SMILES string of the molecule is CSCC(C)Nc1nc(C)cn1C1CCCC1. The van der Waals surface area contributed by atoms with Gasteiger partial charge in [-0.05, 0) is 32.9 Å². The summed E-state index contributed by atoms with van der Waals surface area (Å²) < 4.78 is 2.36. The van der Waals surface area contributed by atoms with Crippen LogP contribution in [0.3, 0.4) is 0 Å². The summed E-state index contributed by atoms with van der Waals surface area (Å²) >= 11 is 1.87. The molecular weight excluding hydrogens is 230 g/mol. The Kier molecular flexibility index (Phi) is 4.37. The van der Waals surface area contributed by atoms with E-state index in [1.54, 1.807) is 0 Å². The van der Waals surface area contributed by atoms with E-state index in [1.165, 1.54) is 25.7 Å². The molecule has 17 heavy (non-hydrogen) atoms. The molecule has 1 fully saturated rings. The van der Waals surface area contributed by atoms with E-state index in [4.69, 9.17) is 0 Å². The second-order valence-electron chi connectivity index (χ2n) is 5.05. The Balaban J connectivity index is 2.09. The van der Waals surface area contributed by atoms with Crippen LogP contribution in [0.2, 0.25) is 0 Å². The number of anilines is 1. The molecule has 1 aliphatic carbocycles. The Morgan fingerprint density at radius 1 is 1.53 bits per heavy atom. The molecule has 0 aromatic carbocycles. The minimum absolute atomic E-state index is 0.479. The van der Waals surface area contributed by atoms with E-state index >= 15 is 0 Å².